The van der Waals surface area contributed by atoms with E-state index in [-0.39, 0.29) is 10.8 Å². The van der Waals surface area contributed by atoms with Crippen molar-refractivity contribution in [2.45, 2.75) is 66.2 Å². The van der Waals surface area contributed by atoms with Gasteiger partial charge in [-0.25, -0.2) is 4.57 Å². The van der Waals surface area contributed by atoms with E-state index in [2.05, 4.69) is 85.7 Å². The van der Waals surface area contributed by atoms with Gasteiger partial charge in [-0.05, 0) is 58.9 Å². The van der Waals surface area contributed by atoms with E-state index in [1.165, 1.54) is 33.2 Å². The number of aryl methyl sites for hydroxylation is 1. The molecule has 0 fully saturated rings. The Morgan fingerprint density at radius 2 is 1.52 bits per heavy atom. The van der Waals surface area contributed by atoms with Gasteiger partial charge in [0.15, 0.2) is 6.17 Å². The Kier molecular flexibility index (Phi) is 4.37. The van der Waals surface area contributed by atoms with E-state index < -0.39 is 0 Å². The lowest BCUT2D eigenvalue weighted by atomic mass is 9.76. The van der Waals surface area contributed by atoms with Crippen LogP contribution in [0.25, 0.3) is 22.0 Å². The van der Waals surface area contributed by atoms with Crippen LogP contribution in [0.2, 0.25) is 0 Å². The zero-order chi connectivity index (χ0) is 21.0. The molecule has 1 nitrogen and oxygen atoms in total. The van der Waals surface area contributed by atoms with E-state index in [9.17, 15) is 0 Å². The zero-order valence-corrected chi connectivity index (χ0v) is 18.4. The number of benzene rings is 2. The molecule has 1 aromatic heterocycles. The van der Waals surface area contributed by atoms with Crippen LogP contribution in [0.4, 0.5) is 0 Å². The van der Waals surface area contributed by atoms with Crippen molar-refractivity contribution < 1.29 is 5.94 Å². The first-order chi connectivity index (χ1) is 12.8. The molecule has 2 aromatic carbocycles. The van der Waals surface area contributed by atoms with Crippen LogP contribution in [0.3, 0.4) is 0 Å². The third-order valence-corrected chi connectivity index (χ3v) is 5.55. The molecule has 0 saturated heterocycles. The van der Waals surface area contributed by atoms with E-state index >= 15 is 0 Å². The third kappa shape index (κ3) is 3.65. The van der Waals surface area contributed by atoms with E-state index in [0.717, 1.165) is 11.1 Å². The normalized spacial score (nSPS) is 13.1. The summed E-state index contributed by atoms with van der Waals surface area (Å²) in [7, 11) is 2.01. The van der Waals surface area contributed by atoms with Crippen molar-refractivity contribution in [3.8, 4) is 11.3 Å². The van der Waals surface area contributed by atoms with Gasteiger partial charge < -0.3 is 0 Å². The smallest absolute Gasteiger partial charge is 0.200 e. The maximum atomic E-state index is 8.55. The van der Waals surface area contributed by atoms with Crippen LogP contribution >= 0.6 is 0 Å². The highest BCUT2D eigenvalue weighted by Gasteiger charge is 2.27. The largest absolute Gasteiger partial charge is 0.220 e. The van der Waals surface area contributed by atoms with Gasteiger partial charge in [0.1, 0.15) is 8.42 Å². The molecular formula is C26H34N+. The molecule has 0 N–H and O–H groups in total. The number of hydrogen-bond donors (Lipinski definition) is 0. The number of aromatic nitrogens is 1. The first-order valence-corrected chi connectivity index (χ1v) is 9.86. The molecule has 0 amide bonds. The molecule has 0 unspecified atom stereocenters. The Balaban J connectivity index is 2.50. The van der Waals surface area contributed by atoms with Crippen LogP contribution in [0.1, 0.15) is 65.2 Å². The summed E-state index contributed by atoms with van der Waals surface area (Å²) < 4.78 is 10.6. The predicted molar refractivity (Wildman–Crippen MR) is 117 cm³/mol. The average Bonchev–Trinajstić information content (AvgIpc) is 2.55. The summed E-state index contributed by atoms with van der Waals surface area (Å²) in [6.07, 6.45) is 0.533. The average molecular weight is 362 g/mol. The lowest BCUT2D eigenvalue weighted by Gasteiger charge is -2.28. The van der Waals surface area contributed by atoms with E-state index in [4.69, 9.17) is 1.37 Å². The van der Waals surface area contributed by atoms with Gasteiger partial charge in [-0.15, -0.1) is 0 Å². The van der Waals surface area contributed by atoms with Gasteiger partial charge in [0, 0.05) is 6.07 Å². The summed E-state index contributed by atoms with van der Waals surface area (Å²) in [5, 5.41) is 2.34. The molecule has 1 heteroatoms. The van der Waals surface area contributed by atoms with E-state index in [1.54, 1.807) is 0 Å². The number of rotatable bonds is 1. The van der Waals surface area contributed by atoms with Crippen LogP contribution in [0.15, 0.2) is 42.6 Å². The number of hydrogen-bond acceptors (Lipinski definition) is 0. The Bertz CT molecular complexity index is 1060. The number of nitrogens with zero attached hydrogens (tertiary/aromatic N) is 1. The van der Waals surface area contributed by atoms with Gasteiger partial charge in [-0.1, -0.05) is 65.3 Å². The van der Waals surface area contributed by atoms with Gasteiger partial charge >= 0.3 is 0 Å². The third-order valence-electron chi connectivity index (χ3n) is 5.55. The topological polar surface area (TPSA) is 3.88 Å². The summed E-state index contributed by atoms with van der Waals surface area (Å²) in [6, 6.07) is 13.3. The minimum absolute atomic E-state index is 0.0592. The van der Waals surface area contributed by atoms with Crippen molar-refractivity contribution in [3.05, 3.63) is 64.8 Å². The zero-order valence-electron chi connectivity index (χ0n) is 19.4. The Morgan fingerprint density at radius 1 is 0.852 bits per heavy atom. The molecule has 27 heavy (non-hydrogen) atoms. The van der Waals surface area contributed by atoms with Crippen molar-refractivity contribution in [2.75, 3.05) is 0 Å². The summed E-state index contributed by atoms with van der Waals surface area (Å²) in [5.74, 6) is 0. The Hall–Kier alpha value is -2.15. The minimum atomic E-state index is 0.0592. The molecule has 0 atom stereocenters. The van der Waals surface area contributed by atoms with Crippen molar-refractivity contribution in [2.24, 2.45) is 7.05 Å². The van der Waals surface area contributed by atoms with Gasteiger partial charge in [-0.3, -0.25) is 0 Å². The van der Waals surface area contributed by atoms with Crippen LogP contribution in [0.5, 0.6) is 0 Å². The molecule has 0 saturated carbocycles. The molecule has 0 aliphatic heterocycles. The number of fused-ring (bicyclic) bond motifs is 1. The van der Waals surface area contributed by atoms with Crippen LogP contribution in [-0.4, -0.2) is 0 Å². The monoisotopic (exact) mass is 361 g/mol. The molecule has 3 aromatic rings. The van der Waals surface area contributed by atoms with Crippen LogP contribution in [0, 0.1) is 13.8 Å². The van der Waals surface area contributed by atoms with Crippen molar-refractivity contribution in [1.29, 1.82) is 0 Å². The Labute approximate surface area is 166 Å². The highest BCUT2D eigenvalue weighted by Crippen LogP contribution is 2.38. The predicted octanol–water partition coefficient (Wildman–Crippen LogP) is 6.54. The fourth-order valence-electron chi connectivity index (χ4n) is 3.93. The van der Waals surface area contributed by atoms with Gasteiger partial charge in [0.25, 0.3) is 0 Å². The quantitative estimate of drug-likeness (QED) is 0.433. The molecule has 0 radical (unpaired) electrons. The van der Waals surface area contributed by atoms with E-state index in [1.807, 2.05) is 17.7 Å². The van der Waals surface area contributed by atoms with Gasteiger partial charge in [-0.2, -0.15) is 0 Å². The molecule has 3 rings (SSSR count). The maximum Gasteiger partial charge on any atom is 0.220 e. The van der Waals surface area contributed by atoms with Crippen LogP contribution in [-0.2, 0) is 17.9 Å². The first kappa shape index (κ1) is 18.2. The second kappa shape index (κ2) is 6.48. The molecule has 0 aliphatic rings. The fourth-order valence-corrected chi connectivity index (χ4v) is 3.93. The van der Waals surface area contributed by atoms with Gasteiger partial charge in [0.05, 0.1) is 10.9 Å². The maximum absolute atomic E-state index is 8.55. The lowest BCUT2D eigenvalue weighted by Crippen LogP contribution is -2.31. The summed E-state index contributed by atoms with van der Waals surface area (Å²) >= 11 is 0. The SMILES string of the molecule is [2H]c1cc2cc(C)ccc2c(-c2cc(C(C)(C)C)cc(C(C)(C)C)c2C)[n+]1C. The highest BCUT2D eigenvalue weighted by atomic mass is 14.9. The van der Waals surface area contributed by atoms with E-state index in [0.29, 0.717) is 6.17 Å². The van der Waals surface area contributed by atoms with Crippen LogP contribution < -0.4 is 4.57 Å². The summed E-state index contributed by atoms with van der Waals surface area (Å²) in [5.41, 5.74) is 7.75. The van der Waals surface area contributed by atoms with Crippen molar-refractivity contribution in [1.82, 2.24) is 0 Å². The highest BCUT2D eigenvalue weighted by molar-refractivity contribution is 5.94. The van der Waals surface area contributed by atoms with Crippen molar-refractivity contribution in [3.63, 3.8) is 0 Å². The van der Waals surface area contributed by atoms with Crippen molar-refractivity contribution >= 4 is 10.8 Å². The fraction of sp³-hybridized carbons (Fsp3) is 0.423. The Morgan fingerprint density at radius 3 is 2.11 bits per heavy atom. The summed E-state index contributed by atoms with van der Waals surface area (Å²) in [6.45, 7) is 18.0. The molecule has 1 heterocycles. The lowest BCUT2D eigenvalue weighted by molar-refractivity contribution is -0.659. The minimum Gasteiger partial charge on any atom is -0.200 e. The molecule has 0 aliphatic carbocycles. The molecule has 0 spiro atoms. The molecule has 142 valence electrons. The first-order valence-electron chi connectivity index (χ1n) is 10.4. The van der Waals surface area contributed by atoms with Gasteiger partial charge in [0.2, 0.25) is 5.69 Å². The summed E-state index contributed by atoms with van der Waals surface area (Å²) in [4.78, 5) is 0. The number of pyridine rings is 1. The second-order valence-corrected chi connectivity index (χ2v) is 9.97. The molecular weight excluding hydrogens is 326 g/mol. The molecule has 0 bridgehead atoms. The second-order valence-electron chi connectivity index (χ2n) is 9.97. The standard InChI is InChI=1S/C26H34N/c1-17-10-11-21-19(14-17)12-13-27(9)24(21)22-15-20(25(3,4)5)16-23(18(22)2)26(6,7)8/h10-16H,1-9H3/q+1/i13D.